The number of rotatable bonds is 6. The number of nitrogens with zero attached hydrogens (tertiary/aromatic N) is 2. The number of nitro benzene ring substituents is 1. The monoisotopic (exact) mass is 478 g/mol. The molecule has 0 bridgehead atoms. The highest BCUT2D eigenvalue weighted by Gasteiger charge is 2.28. The molecule has 0 fully saturated rings. The van der Waals surface area contributed by atoms with Crippen LogP contribution in [-0.4, -0.2) is 35.5 Å². The lowest BCUT2D eigenvalue weighted by Crippen LogP contribution is -2.32. The molecule has 2 N–H and O–H groups in total. The molecule has 0 atom stereocenters. The summed E-state index contributed by atoms with van der Waals surface area (Å²) < 4.78 is 5.12. The molecule has 2 aromatic rings. The number of esters is 1. The smallest absolute Gasteiger partial charge is 0.341 e. The number of anilines is 1. The molecule has 3 rings (SSSR count). The van der Waals surface area contributed by atoms with Crippen molar-refractivity contribution in [3.8, 4) is 0 Å². The van der Waals surface area contributed by atoms with E-state index in [2.05, 4.69) is 15.8 Å². The fourth-order valence-corrected chi connectivity index (χ4v) is 4.66. The first-order valence-electron chi connectivity index (χ1n) is 9.71. The first-order valence-corrected chi connectivity index (χ1v) is 10.9. The molecule has 0 unspecified atom stereocenters. The van der Waals surface area contributed by atoms with Gasteiger partial charge in [-0.25, -0.2) is 10.2 Å². The highest BCUT2D eigenvalue weighted by molar-refractivity contribution is 7.17. The number of amides is 2. The Morgan fingerprint density at radius 1 is 1.28 bits per heavy atom. The number of nitro groups is 1. The molecule has 0 saturated heterocycles. The summed E-state index contributed by atoms with van der Waals surface area (Å²) in [5.74, 6) is -2.61. The second-order valence-corrected chi connectivity index (χ2v) is 8.27. The lowest BCUT2D eigenvalue weighted by atomic mass is 9.95. The number of fused-ring (bicyclic) bond motifs is 1. The Kier molecular flexibility index (Phi) is 7.54. The first kappa shape index (κ1) is 23.4. The third-order valence-electron chi connectivity index (χ3n) is 4.63. The van der Waals surface area contributed by atoms with Crippen molar-refractivity contribution in [2.75, 3.05) is 11.9 Å². The summed E-state index contributed by atoms with van der Waals surface area (Å²) in [5, 5.41) is 17.3. The molecule has 2 amide bonds. The van der Waals surface area contributed by atoms with Gasteiger partial charge < -0.3 is 10.1 Å². The van der Waals surface area contributed by atoms with Crippen LogP contribution in [0, 0.1) is 10.1 Å². The van der Waals surface area contributed by atoms with Crippen LogP contribution >= 0.6 is 22.9 Å². The van der Waals surface area contributed by atoms with Crippen molar-refractivity contribution >= 4 is 57.6 Å². The first-order chi connectivity index (χ1) is 15.3. The van der Waals surface area contributed by atoms with Crippen molar-refractivity contribution in [3.05, 3.63) is 54.9 Å². The van der Waals surface area contributed by atoms with E-state index in [4.69, 9.17) is 16.3 Å². The maximum atomic E-state index is 12.4. The van der Waals surface area contributed by atoms with Crippen molar-refractivity contribution in [3.63, 3.8) is 0 Å². The number of benzene rings is 1. The maximum absolute atomic E-state index is 12.4. The summed E-state index contributed by atoms with van der Waals surface area (Å²) in [6.07, 6.45) is 4.57. The zero-order valence-electron chi connectivity index (χ0n) is 17.0. The number of aryl methyl sites for hydroxylation is 1. The maximum Gasteiger partial charge on any atom is 0.341 e. The summed E-state index contributed by atoms with van der Waals surface area (Å²) in [4.78, 5) is 48.2. The van der Waals surface area contributed by atoms with E-state index >= 15 is 0 Å². The summed E-state index contributed by atoms with van der Waals surface area (Å²) >= 11 is 7.01. The van der Waals surface area contributed by atoms with Crippen LogP contribution in [0.3, 0.4) is 0 Å². The van der Waals surface area contributed by atoms with Crippen molar-refractivity contribution in [1.82, 2.24) is 5.43 Å². The van der Waals surface area contributed by atoms with Gasteiger partial charge >= 0.3 is 17.8 Å². The predicted molar refractivity (Wildman–Crippen MR) is 119 cm³/mol. The Morgan fingerprint density at radius 3 is 2.75 bits per heavy atom. The molecular formula is C20H19ClN4O6S. The molecule has 12 heteroatoms. The van der Waals surface area contributed by atoms with Crippen LogP contribution in [0.2, 0.25) is 5.02 Å². The SMILES string of the molecule is CCOC(=O)c1c(NC(=O)C(=O)NN=Cc2ccc(Cl)c([N+](=O)[O-])c2)sc2c1CCCC2. The zero-order chi connectivity index (χ0) is 23.3. The van der Waals surface area contributed by atoms with Gasteiger partial charge in [0.15, 0.2) is 0 Å². The molecule has 0 aliphatic heterocycles. The third-order valence-corrected chi connectivity index (χ3v) is 6.16. The average Bonchev–Trinajstić information content (AvgIpc) is 3.12. The van der Waals surface area contributed by atoms with Crippen LogP contribution in [-0.2, 0) is 27.2 Å². The van der Waals surface area contributed by atoms with Gasteiger partial charge in [0, 0.05) is 16.5 Å². The number of thiophene rings is 1. The van der Waals surface area contributed by atoms with Gasteiger partial charge in [-0.05, 0) is 44.2 Å². The standard InChI is InChI=1S/C20H19ClN4O6S/c1-2-31-20(28)16-12-5-3-4-6-15(12)32-19(16)23-17(26)18(27)24-22-10-11-7-8-13(21)14(9-11)25(29)30/h7-10H,2-6H2,1H3,(H,23,26)(H,24,27). The van der Waals surface area contributed by atoms with Gasteiger partial charge in [-0.15, -0.1) is 11.3 Å². The number of hydrazone groups is 1. The fraction of sp³-hybridized carbons (Fsp3) is 0.300. The van der Waals surface area contributed by atoms with E-state index in [1.165, 1.54) is 29.5 Å². The van der Waals surface area contributed by atoms with E-state index < -0.39 is 22.7 Å². The molecule has 1 heterocycles. The molecule has 1 aromatic heterocycles. The van der Waals surface area contributed by atoms with Gasteiger partial charge in [-0.2, -0.15) is 5.10 Å². The van der Waals surface area contributed by atoms with Gasteiger partial charge in [-0.1, -0.05) is 17.7 Å². The van der Waals surface area contributed by atoms with Crippen LogP contribution in [0.5, 0.6) is 0 Å². The van der Waals surface area contributed by atoms with Gasteiger partial charge in [0.2, 0.25) is 0 Å². The Bertz CT molecular complexity index is 1110. The van der Waals surface area contributed by atoms with Crippen LogP contribution in [0.25, 0.3) is 0 Å². The number of nitrogens with one attached hydrogen (secondary N) is 2. The molecule has 1 aliphatic carbocycles. The molecule has 168 valence electrons. The van der Waals surface area contributed by atoms with Gasteiger partial charge in [0.25, 0.3) is 5.69 Å². The molecule has 32 heavy (non-hydrogen) atoms. The van der Waals surface area contributed by atoms with E-state index in [0.29, 0.717) is 17.5 Å². The quantitative estimate of drug-likeness (QED) is 0.214. The summed E-state index contributed by atoms with van der Waals surface area (Å²) in [5.41, 5.74) is 3.20. The molecule has 0 radical (unpaired) electrons. The summed E-state index contributed by atoms with van der Waals surface area (Å²) in [6.45, 7) is 1.88. The molecule has 1 aliphatic rings. The molecule has 1 aromatic carbocycles. The number of carbonyl (C=O) groups is 3. The van der Waals surface area contributed by atoms with Crippen molar-refractivity contribution in [1.29, 1.82) is 0 Å². The number of hydrogen-bond donors (Lipinski definition) is 2. The van der Waals surface area contributed by atoms with Gasteiger partial charge in [0.1, 0.15) is 10.0 Å². The van der Waals surface area contributed by atoms with E-state index in [0.717, 1.165) is 35.9 Å². The third kappa shape index (κ3) is 5.29. The lowest BCUT2D eigenvalue weighted by molar-refractivity contribution is -0.384. The molecular weight excluding hydrogens is 460 g/mol. The Morgan fingerprint density at radius 2 is 2.03 bits per heavy atom. The number of hydrogen-bond acceptors (Lipinski definition) is 8. The van der Waals surface area contributed by atoms with Crippen LogP contribution in [0.4, 0.5) is 10.7 Å². The highest BCUT2D eigenvalue weighted by atomic mass is 35.5. The number of carbonyl (C=O) groups excluding carboxylic acids is 3. The number of halogens is 1. The van der Waals surface area contributed by atoms with Gasteiger partial charge in [-0.3, -0.25) is 19.7 Å². The Balaban J connectivity index is 1.70. The minimum absolute atomic E-state index is 0.0355. The molecule has 0 saturated carbocycles. The van der Waals surface area contributed by atoms with Crippen LogP contribution in [0.1, 0.15) is 46.1 Å². The minimum atomic E-state index is -1.06. The van der Waals surface area contributed by atoms with E-state index in [9.17, 15) is 24.5 Å². The van der Waals surface area contributed by atoms with E-state index in [1.807, 2.05) is 0 Å². The van der Waals surface area contributed by atoms with Crippen LogP contribution < -0.4 is 10.7 Å². The molecule has 10 nitrogen and oxygen atoms in total. The largest absolute Gasteiger partial charge is 0.462 e. The zero-order valence-corrected chi connectivity index (χ0v) is 18.5. The summed E-state index contributed by atoms with van der Waals surface area (Å²) in [6, 6.07) is 3.97. The second-order valence-electron chi connectivity index (χ2n) is 6.76. The topological polar surface area (TPSA) is 140 Å². The van der Waals surface area contributed by atoms with Crippen molar-refractivity contribution in [2.45, 2.75) is 32.6 Å². The summed E-state index contributed by atoms with van der Waals surface area (Å²) in [7, 11) is 0. The predicted octanol–water partition coefficient (Wildman–Crippen LogP) is 3.45. The highest BCUT2D eigenvalue weighted by Crippen LogP contribution is 2.38. The Hall–Kier alpha value is -3.31. The molecule has 0 spiro atoms. The van der Waals surface area contributed by atoms with E-state index in [1.54, 1.807) is 6.92 Å². The van der Waals surface area contributed by atoms with Crippen molar-refractivity contribution < 1.29 is 24.0 Å². The van der Waals surface area contributed by atoms with Crippen molar-refractivity contribution in [2.24, 2.45) is 5.10 Å². The van der Waals surface area contributed by atoms with E-state index in [-0.39, 0.29) is 22.3 Å². The minimum Gasteiger partial charge on any atom is -0.462 e. The average molecular weight is 479 g/mol. The lowest BCUT2D eigenvalue weighted by Gasteiger charge is -2.12. The normalized spacial score (nSPS) is 12.8. The Labute approximate surface area is 191 Å². The van der Waals surface area contributed by atoms with Crippen LogP contribution in [0.15, 0.2) is 23.3 Å². The fourth-order valence-electron chi connectivity index (χ4n) is 3.20. The van der Waals surface area contributed by atoms with Gasteiger partial charge in [0.05, 0.1) is 23.3 Å². The number of ether oxygens (including phenoxy) is 1. The second kappa shape index (κ2) is 10.3.